The van der Waals surface area contributed by atoms with Crippen molar-refractivity contribution in [2.24, 2.45) is 0 Å². The molecule has 0 aliphatic heterocycles. The molecule has 1 N–H and O–H groups in total. The van der Waals surface area contributed by atoms with Crippen LogP contribution < -0.4 is 0 Å². The number of carboxylic acid groups (broad SMARTS) is 1. The van der Waals surface area contributed by atoms with E-state index in [4.69, 9.17) is 5.11 Å². The Hall–Kier alpha value is -2.19. The monoisotopic (exact) mass is 250 g/mol. The molecule has 1 heterocycles. The number of carbonyl (C=O) groups is 1. The minimum absolute atomic E-state index is 0.230. The molecule has 0 atom stereocenters. The number of pyridine rings is 1. The van der Waals surface area contributed by atoms with Crippen LogP contribution in [0.25, 0.3) is 0 Å². The van der Waals surface area contributed by atoms with E-state index in [2.05, 4.69) is 4.98 Å². The lowest BCUT2D eigenvalue weighted by Gasteiger charge is -2.03. The summed E-state index contributed by atoms with van der Waals surface area (Å²) in [5.41, 5.74) is -1.68. The Balaban J connectivity index is 3.36. The van der Waals surface area contributed by atoms with Crippen molar-refractivity contribution >= 4 is 11.8 Å². The van der Waals surface area contributed by atoms with Gasteiger partial charge in [0.2, 0.25) is 5.82 Å². The minimum Gasteiger partial charge on any atom is -0.481 e. The topological polar surface area (TPSA) is 93.3 Å². The van der Waals surface area contributed by atoms with Gasteiger partial charge in [-0.15, -0.1) is 0 Å². The fraction of sp³-hybridized carbons (Fsp3) is 0.250. The number of nitrogens with zero attached hydrogens (tertiary/aromatic N) is 2. The van der Waals surface area contributed by atoms with E-state index in [1.165, 1.54) is 0 Å². The van der Waals surface area contributed by atoms with Crippen LogP contribution in [0.5, 0.6) is 0 Å². The van der Waals surface area contributed by atoms with Crippen molar-refractivity contribution in [3.8, 4) is 0 Å². The molecule has 6 nitrogen and oxygen atoms in total. The van der Waals surface area contributed by atoms with Crippen molar-refractivity contribution in [3.63, 3.8) is 0 Å². The number of alkyl halides is 2. The molecule has 0 aliphatic carbocycles. The van der Waals surface area contributed by atoms with Crippen LogP contribution in [-0.2, 0) is 11.2 Å². The number of rotatable bonds is 4. The summed E-state index contributed by atoms with van der Waals surface area (Å²) in [4.78, 5) is 22.5. The number of aromatic nitrogens is 1. The normalized spacial score (nSPS) is 10.6. The van der Waals surface area contributed by atoms with Gasteiger partial charge in [0.1, 0.15) is 6.42 Å². The van der Waals surface area contributed by atoms with Gasteiger partial charge in [-0.3, -0.25) is 4.79 Å². The molecule has 1 rings (SSSR count). The third-order valence-electron chi connectivity index (χ3n) is 1.80. The maximum absolute atomic E-state index is 13.0. The molecule has 9 heteroatoms. The summed E-state index contributed by atoms with van der Waals surface area (Å²) in [5, 5.41) is 18.7. The first kappa shape index (κ1) is 12.9. The van der Waals surface area contributed by atoms with Crippen molar-refractivity contribution in [1.29, 1.82) is 0 Å². The van der Waals surface area contributed by atoms with E-state index in [1.54, 1.807) is 0 Å². The summed E-state index contributed by atoms with van der Waals surface area (Å²) in [6.45, 7) is 0. The first-order valence-electron chi connectivity index (χ1n) is 4.16. The molecule has 0 fully saturated rings. The Kier molecular flexibility index (Phi) is 3.61. The van der Waals surface area contributed by atoms with Gasteiger partial charge in [0.15, 0.2) is 5.69 Å². The minimum atomic E-state index is -3.16. The van der Waals surface area contributed by atoms with Crippen molar-refractivity contribution < 1.29 is 28.0 Å². The van der Waals surface area contributed by atoms with Gasteiger partial charge in [0.05, 0.1) is 5.56 Å². The van der Waals surface area contributed by atoms with Crippen molar-refractivity contribution in [2.45, 2.75) is 12.8 Å². The maximum Gasteiger partial charge on any atom is 0.400 e. The number of carboxylic acids is 1. The molecule has 17 heavy (non-hydrogen) atoms. The van der Waals surface area contributed by atoms with Gasteiger partial charge >= 0.3 is 11.8 Å². The first-order chi connectivity index (χ1) is 7.82. The van der Waals surface area contributed by atoms with Crippen LogP contribution in [0.15, 0.2) is 6.07 Å². The van der Waals surface area contributed by atoms with Crippen LogP contribution in [-0.4, -0.2) is 21.0 Å². The smallest absolute Gasteiger partial charge is 0.400 e. The summed E-state index contributed by atoms with van der Waals surface area (Å²) < 4.78 is 37.8. The highest BCUT2D eigenvalue weighted by molar-refractivity contribution is 5.70. The Bertz CT molecular complexity index is 478. The maximum atomic E-state index is 13.0. The fourth-order valence-corrected chi connectivity index (χ4v) is 1.13. The average Bonchev–Trinajstić information content (AvgIpc) is 2.18. The molecule has 0 aliphatic rings. The highest BCUT2D eigenvalue weighted by atomic mass is 19.3. The van der Waals surface area contributed by atoms with Gasteiger partial charge in [0, 0.05) is 0 Å². The summed E-state index contributed by atoms with van der Waals surface area (Å²) in [7, 11) is 0. The molecular weight excluding hydrogens is 245 g/mol. The van der Waals surface area contributed by atoms with Gasteiger partial charge in [-0.05, 0) is 16.0 Å². The Morgan fingerprint density at radius 1 is 1.59 bits per heavy atom. The van der Waals surface area contributed by atoms with Gasteiger partial charge < -0.3 is 15.2 Å². The van der Waals surface area contributed by atoms with E-state index in [9.17, 15) is 28.1 Å². The molecule has 0 bridgehead atoms. The molecule has 0 amide bonds. The summed E-state index contributed by atoms with van der Waals surface area (Å²) in [5.74, 6) is -4.30. The highest BCUT2D eigenvalue weighted by Gasteiger charge is 2.27. The van der Waals surface area contributed by atoms with Gasteiger partial charge in [-0.2, -0.15) is 4.39 Å². The lowest BCUT2D eigenvalue weighted by atomic mass is 10.1. The van der Waals surface area contributed by atoms with Crippen LogP contribution in [0.4, 0.5) is 19.0 Å². The molecule has 92 valence electrons. The average molecular weight is 250 g/mol. The second-order valence-corrected chi connectivity index (χ2v) is 2.96. The lowest BCUT2D eigenvalue weighted by molar-refractivity contribution is -0.392. The highest BCUT2D eigenvalue weighted by Crippen LogP contribution is 2.26. The van der Waals surface area contributed by atoms with Crippen molar-refractivity contribution in [1.82, 2.24) is 4.98 Å². The molecule has 0 radical (unpaired) electrons. The first-order valence-corrected chi connectivity index (χ1v) is 4.16. The third kappa shape index (κ3) is 2.89. The SMILES string of the molecule is O=C(O)Cc1nc([N+](=O)[O-])c(F)cc1C(F)F. The molecule has 0 aromatic carbocycles. The zero-order valence-electron chi connectivity index (χ0n) is 8.06. The van der Waals surface area contributed by atoms with Crippen LogP contribution in [0, 0.1) is 15.9 Å². The third-order valence-corrected chi connectivity index (χ3v) is 1.80. The number of nitro groups is 1. The second kappa shape index (κ2) is 4.76. The Labute approximate surface area is 91.9 Å². The standard InChI is InChI=1S/C8H5F3N2O4/c9-4-1-3(7(10)11)5(2-6(14)15)12-8(4)13(16)17/h1,7H,2H2,(H,14,15). The zero-order valence-corrected chi connectivity index (χ0v) is 8.06. The lowest BCUT2D eigenvalue weighted by Crippen LogP contribution is -2.10. The molecule has 1 aromatic rings. The van der Waals surface area contributed by atoms with E-state index in [0.29, 0.717) is 0 Å². The molecule has 0 unspecified atom stereocenters. The quantitative estimate of drug-likeness (QED) is 0.648. The predicted molar refractivity (Wildman–Crippen MR) is 47.1 cm³/mol. The van der Waals surface area contributed by atoms with E-state index < -0.39 is 46.6 Å². The number of halogens is 3. The predicted octanol–water partition coefficient (Wildman–Crippen LogP) is 1.69. The molecule has 0 saturated heterocycles. The number of hydrogen-bond donors (Lipinski definition) is 1. The van der Waals surface area contributed by atoms with Gasteiger partial charge in [0.25, 0.3) is 6.43 Å². The number of hydrogen-bond acceptors (Lipinski definition) is 4. The van der Waals surface area contributed by atoms with Gasteiger partial charge in [-0.1, -0.05) is 0 Å². The van der Waals surface area contributed by atoms with E-state index in [-0.39, 0.29) is 6.07 Å². The van der Waals surface area contributed by atoms with Gasteiger partial charge in [-0.25, -0.2) is 8.78 Å². The van der Waals surface area contributed by atoms with Crippen molar-refractivity contribution in [2.75, 3.05) is 0 Å². The molecule has 0 saturated carbocycles. The largest absolute Gasteiger partial charge is 0.481 e. The Morgan fingerprint density at radius 2 is 2.18 bits per heavy atom. The molecule has 1 aromatic heterocycles. The summed E-state index contributed by atoms with van der Waals surface area (Å²) in [6, 6.07) is 0.230. The number of aliphatic carboxylic acids is 1. The fourth-order valence-electron chi connectivity index (χ4n) is 1.13. The second-order valence-electron chi connectivity index (χ2n) is 2.96. The van der Waals surface area contributed by atoms with Crippen LogP contribution in [0.1, 0.15) is 17.7 Å². The van der Waals surface area contributed by atoms with Crippen LogP contribution in [0.3, 0.4) is 0 Å². The molecular formula is C8H5F3N2O4. The zero-order chi connectivity index (χ0) is 13.2. The molecule has 0 spiro atoms. The van der Waals surface area contributed by atoms with Crippen LogP contribution in [0.2, 0.25) is 0 Å². The van der Waals surface area contributed by atoms with E-state index >= 15 is 0 Å². The summed E-state index contributed by atoms with van der Waals surface area (Å²) in [6.07, 6.45) is -4.10. The van der Waals surface area contributed by atoms with Crippen molar-refractivity contribution in [3.05, 3.63) is 33.3 Å². The summed E-state index contributed by atoms with van der Waals surface area (Å²) >= 11 is 0. The van der Waals surface area contributed by atoms with Crippen LogP contribution >= 0.6 is 0 Å². The Morgan fingerprint density at radius 3 is 2.59 bits per heavy atom. The van der Waals surface area contributed by atoms with E-state index in [1.807, 2.05) is 0 Å². The van der Waals surface area contributed by atoms with E-state index in [0.717, 1.165) is 0 Å².